The molecule has 3 aromatic heterocycles. The molecule has 1 radical (unpaired) electrons. The van der Waals surface area contributed by atoms with Crippen LogP contribution in [0.3, 0.4) is 0 Å². The second-order valence-electron chi connectivity index (χ2n) is 12.8. The van der Waals surface area contributed by atoms with Crippen LogP contribution in [0.1, 0.15) is 31.8 Å². The number of hydrogen-bond donors (Lipinski definition) is 0. The van der Waals surface area contributed by atoms with E-state index < -0.39 is 26.5 Å². The van der Waals surface area contributed by atoms with E-state index >= 15 is 0 Å². The van der Waals surface area contributed by atoms with Crippen LogP contribution in [0.5, 0.6) is 0 Å². The van der Waals surface area contributed by atoms with Crippen LogP contribution in [0.15, 0.2) is 114 Å². The third-order valence-electron chi connectivity index (χ3n) is 7.81. The Balaban J connectivity index is 0.000000267. The molecule has 0 aliphatic rings. The third kappa shape index (κ3) is 7.86. The Morgan fingerprint density at radius 2 is 1.71 bits per heavy atom. The van der Waals surface area contributed by atoms with E-state index in [1.54, 1.807) is 30.3 Å². The minimum absolute atomic E-state index is 0. The molecule has 6 heteroatoms. The molecular weight excluding hydrogens is 832 g/mol. The minimum atomic E-state index is -2.42. The Morgan fingerprint density at radius 3 is 2.38 bits per heavy atom. The molecule has 3 nitrogen and oxygen atoms in total. The average molecular weight is 877 g/mol. The van der Waals surface area contributed by atoms with Gasteiger partial charge >= 0.3 is 99.8 Å². The second-order valence-corrected chi connectivity index (χ2v) is 23.4. The van der Waals surface area contributed by atoms with Gasteiger partial charge < -0.3 is 9.40 Å². The summed E-state index contributed by atoms with van der Waals surface area (Å²) < 4.78 is 62.7. The Kier molecular flexibility index (Phi) is 9.15. The molecule has 0 spiro atoms. The molecule has 0 unspecified atom stereocenters. The molecule has 0 saturated carbocycles. The molecule has 0 aliphatic carbocycles. The van der Waals surface area contributed by atoms with Crippen molar-refractivity contribution in [3.8, 4) is 33.6 Å². The molecule has 4 aromatic carbocycles. The molecule has 0 N–H and O–H groups in total. The molecule has 3 heterocycles. The van der Waals surface area contributed by atoms with Crippen LogP contribution in [0, 0.1) is 30.7 Å². The van der Waals surface area contributed by atoms with Crippen molar-refractivity contribution in [1.82, 2.24) is 9.97 Å². The summed E-state index contributed by atoms with van der Waals surface area (Å²) >= 11 is -1.72. The van der Waals surface area contributed by atoms with Crippen LogP contribution >= 0.6 is 0 Å². The Labute approximate surface area is 306 Å². The van der Waals surface area contributed by atoms with Gasteiger partial charge in [-0.1, -0.05) is 73.6 Å². The summed E-state index contributed by atoms with van der Waals surface area (Å²) in [5, 5.41) is 1.05. The second kappa shape index (κ2) is 15.1. The van der Waals surface area contributed by atoms with E-state index in [0.717, 1.165) is 16.8 Å². The summed E-state index contributed by atoms with van der Waals surface area (Å²) in [7, 11) is 0. The van der Waals surface area contributed by atoms with Crippen molar-refractivity contribution in [1.29, 1.82) is 0 Å². The topological polar surface area (TPSA) is 38.9 Å². The summed E-state index contributed by atoms with van der Waals surface area (Å²) in [5.74, 6) is 6.52. The van der Waals surface area contributed by atoms with Gasteiger partial charge in [0.2, 0.25) is 0 Å². The van der Waals surface area contributed by atoms with Crippen molar-refractivity contribution in [3.63, 3.8) is 0 Å². The van der Waals surface area contributed by atoms with Crippen molar-refractivity contribution >= 4 is 39.6 Å². The molecule has 0 fully saturated rings. The van der Waals surface area contributed by atoms with Crippen molar-refractivity contribution < 1.29 is 35.8 Å². The number of pyridine rings is 2. The molecule has 48 heavy (non-hydrogen) atoms. The number of aromatic nitrogens is 2. The van der Waals surface area contributed by atoms with Crippen molar-refractivity contribution in [2.75, 3.05) is 0 Å². The smallest absolute Gasteiger partial charge is 0 e. The van der Waals surface area contributed by atoms with E-state index in [-0.39, 0.29) is 37.4 Å². The normalized spacial score (nSPS) is 13.4. The zero-order valence-corrected chi connectivity index (χ0v) is 32.0. The third-order valence-corrected chi connectivity index (χ3v) is 12.1. The quantitative estimate of drug-likeness (QED) is 0.123. The first kappa shape index (κ1) is 29.1. The van der Waals surface area contributed by atoms with Gasteiger partial charge in [-0.15, -0.1) is 17.7 Å². The molecule has 0 atom stereocenters. The van der Waals surface area contributed by atoms with Crippen LogP contribution < -0.4 is 4.40 Å². The van der Waals surface area contributed by atoms with E-state index in [1.165, 1.54) is 28.8 Å². The molecule has 0 aliphatic heterocycles. The monoisotopic (exact) mass is 878 g/mol. The molecule has 0 saturated heterocycles. The van der Waals surface area contributed by atoms with Gasteiger partial charge in [0.1, 0.15) is 11.4 Å². The van der Waals surface area contributed by atoms with Crippen LogP contribution in [-0.2, 0) is 26.5 Å². The fourth-order valence-electron chi connectivity index (χ4n) is 5.43. The summed E-state index contributed by atoms with van der Waals surface area (Å²) in [6.45, 7) is 1.21. The maximum Gasteiger partial charge on any atom is 0 e. The van der Waals surface area contributed by atoms with Gasteiger partial charge in [0.05, 0.1) is 5.58 Å². The van der Waals surface area contributed by atoms with Gasteiger partial charge in [-0.3, -0.25) is 0 Å². The number of rotatable bonds is 6. The number of para-hydroxylation sites is 1. The SMILES string of the molecule is [2H]C([2H])([2H])c1c[c-]c(-c2cc(C([2H])([2H])C(C)C)ccn2)c2oc3c(-c4ccc(F)cc4)cccc3c12.[CH3][Ge]([CH3])([CH3])[c]1ccc(-c2[c-]cccc2)nc1.[Ir]. The van der Waals surface area contributed by atoms with E-state index in [4.69, 9.17) is 11.3 Å². The number of aryl methyl sites for hydroxylation is 1. The first-order valence-electron chi connectivity index (χ1n) is 18.1. The average Bonchev–Trinajstić information content (AvgIpc) is 3.51. The van der Waals surface area contributed by atoms with Gasteiger partial charge in [-0.2, -0.15) is 0 Å². The van der Waals surface area contributed by atoms with Crippen molar-refractivity contribution in [3.05, 3.63) is 139 Å². The maximum absolute atomic E-state index is 13.6. The maximum atomic E-state index is 13.6. The zero-order valence-electron chi connectivity index (χ0n) is 32.5. The van der Waals surface area contributed by atoms with Gasteiger partial charge in [0.25, 0.3) is 0 Å². The number of furan rings is 1. The molecule has 0 amide bonds. The number of fused-ring (bicyclic) bond motifs is 3. The summed E-state index contributed by atoms with van der Waals surface area (Å²) in [6, 6.07) is 34.8. The van der Waals surface area contributed by atoms with Gasteiger partial charge in [0.15, 0.2) is 0 Å². The number of halogens is 1. The largest absolute Gasteiger partial charge is 0 e. The van der Waals surface area contributed by atoms with Crippen LogP contribution in [0.4, 0.5) is 4.39 Å². The van der Waals surface area contributed by atoms with Gasteiger partial charge in [-0.25, -0.2) is 4.39 Å². The molecular formula is C42H39FGeIrN2O-2. The number of hydrogen-bond acceptors (Lipinski definition) is 3. The van der Waals surface area contributed by atoms with E-state index in [0.29, 0.717) is 44.3 Å². The van der Waals surface area contributed by atoms with E-state index in [1.807, 2.05) is 56.4 Å². The Hall–Kier alpha value is -3.90. The van der Waals surface area contributed by atoms with Gasteiger partial charge in [0, 0.05) is 44.1 Å². The standard InChI is InChI=1S/C28H23FNO.C14H16GeN.Ir/c1-17(2)15-19-13-14-30-25(16-19)23-12-7-18(3)26-24-6-4-5-22(27(24)31-28(23)26)20-8-10-21(29)11-9-20;1-15(2,3)13-9-10-14(16-11-13)12-7-5-4-6-8-12;/h4-11,13-14,16-17H,15H2,1-3H3;4-7,9-11H,1-3H3;/q2*-1;/i3D3,15D2;;. The summed E-state index contributed by atoms with van der Waals surface area (Å²) in [5.41, 5.74) is 5.73. The Morgan fingerprint density at radius 1 is 0.896 bits per heavy atom. The van der Waals surface area contributed by atoms with Crippen LogP contribution in [0.25, 0.3) is 55.6 Å². The molecule has 7 aromatic rings. The fraction of sp³-hybridized carbons (Fsp3) is 0.190. The fourth-order valence-corrected chi connectivity index (χ4v) is 7.60. The molecule has 7 rings (SSSR count). The molecule has 0 bridgehead atoms. The van der Waals surface area contributed by atoms with E-state index in [9.17, 15) is 4.39 Å². The predicted octanol–water partition coefficient (Wildman–Crippen LogP) is 10.9. The Bertz CT molecular complexity index is 2340. The number of nitrogens with zero attached hydrogens (tertiary/aromatic N) is 2. The van der Waals surface area contributed by atoms with Crippen LogP contribution in [0.2, 0.25) is 17.3 Å². The van der Waals surface area contributed by atoms with E-state index in [2.05, 4.69) is 51.5 Å². The summed E-state index contributed by atoms with van der Waals surface area (Å²) in [4.78, 5) is 8.98. The first-order valence-corrected chi connectivity index (χ1v) is 23.0. The zero-order chi connectivity index (χ0) is 37.4. The van der Waals surface area contributed by atoms with Gasteiger partial charge in [-0.05, 0) is 41.7 Å². The van der Waals surface area contributed by atoms with Crippen molar-refractivity contribution in [2.24, 2.45) is 5.92 Å². The minimum Gasteiger partial charge on any atom is 0 e. The number of benzene rings is 4. The van der Waals surface area contributed by atoms with Crippen LogP contribution in [-0.4, -0.2) is 23.2 Å². The predicted molar refractivity (Wildman–Crippen MR) is 196 cm³/mol. The molecule has 245 valence electrons. The first-order chi connectivity index (χ1) is 24.6. The van der Waals surface area contributed by atoms with Crippen molar-refractivity contribution in [2.45, 2.75) is 44.3 Å². The summed E-state index contributed by atoms with van der Waals surface area (Å²) in [6.07, 6.45) is 1.99.